The van der Waals surface area contributed by atoms with Crippen LogP contribution in [0.5, 0.6) is 0 Å². The predicted octanol–water partition coefficient (Wildman–Crippen LogP) is 4.33. The monoisotopic (exact) mass is 265 g/mol. The van der Waals surface area contributed by atoms with Gasteiger partial charge in [-0.15, -0.1) is 0 Å². The van der Waals surface area contributed by atoms with E-state index in [2.05, 4.69) is 5.32 Å². The molecule has 0 spiro atoms. The van der Waals surface area contributed by atoms with Crippen LogP contribution in [0, 0.1) is 0 Å². The van der Waals surface area contributed by atoms with Crippen LogP contribution in [0.25, 0.3) is 0 Å². The van der Waals surface area contributed by atoms with E-state index >= 15 is 0 Å². The number of nitrogens with one attached hydrogen (secondary N) is 1. The van der Waals surface area contributed by atoms with E-state index in [1.165, 1.54) is 0 Å². The predicted molar refractivity (Wildman–Crippen MR) is 63.2 cm³/mol. The van der Waals surface area contributed by atoms with E-state index < -0.39 is 12.6 Å². The maximum Gasteiger partial charge on any atom is 0.389 e. The highest BCUT2D eigenvalue weighted by atomic mass is 35.5. The van der Waals surface area contributed by atoms with Crippen molar-refractivity contribution in [1.82, 2.24) is 5.32 Å². The van der Waals surface area contributed by atoms with Crippen LogP contribution in [0.1, 0.15) is 31.4 Å². The highest BCUT2D eigenvalue weighted by Crippen LogP contribution is 2.21. The van der Waals surface area contributed by atoms with Gasteiger partial charge < -0.3 is 5.32 Å². The molecule has 1 aromatic rings. The number of benzene rings is 1. The van der Waals surface area contributed by atoms with Gasteiger partial charge in [0.2, 0.25) is 0 Å². The quantitative estimate of drug-likeness (QED) is 0.781. The van der Waals surface area contributed by atoms with Crippen molar-refractivity contribution in [3.63, 3.8) is 0 Å². The molecule has 1 aromatic carbocycles. The lowest BCUT2D eigenvalue weighted by atomic mass is 10.1. The lowest BCUT2D eigenvalue weighted by Crippen LogP contribution is -2.21. The van der Waals surface area contributed by atoms with Gasteiger partial charge in [-0.05, 0) is 37.6 Å². The summed E-state index contributed by atoms with van der Waals surface area (Å²) >= 11 is 5.83. The van der Waals surface area contributed by atoms with E-state index in [0.717, 1.165) is 5.56 Å². The highest BCUT2D eigenvalue weighted by molar-refractivity contribution is 6.30. The molecule has 17 heavy (non-hydrogen) atoms. The maximum atomic E-state index is 11.9. The summed E-state index contributed by atoms with van der Waals surface area (Å²) in [5.41, 5.74) is 0.976. The molecule has 5 heteroatoms. The molecule has 1 nitrogen and oxygen atoms in total. The number of rotatable bonds is 5. The third-order valence-corrected chi connectivity index (χ3v) is 2.67. The normalized spacial score (nSPS) is 13.7. The van der Waals surface area contributed by atoms with Crippen molar-refractivity contribution in [3.8, 4) is 0 Å². The second-order valence-electron chi connectivity index (χ2n) is 3.95. The maximum absolute atomic E-state index is 11.9. The van der Waals surface area contributed by atoms with Crippen molar-refractivity contribution in [2.24, 2.45) is 0 Å². The lowest BCUT2D eigenvalue weighted by molar-refractivity contribution is -0.135. The fourth-order valence-electron chi connectivity index (χ4n) is 1.50. The molecule has 1 atom stereocenters. The van der Waals surface area contributed by atoms with Crippen LogP contribution in [0.3, 0.4) is 0 Å². The van der Waals surface area contributed by atoms with Crippen molar-refractivity contribution in [3.05, 3.63) is 34.9 Å². The first-order valence-electron chi connectivity index (χ1n) is 5.44. The molecule has 0 aliphatic rings. The second kappa shape index (κ2) is 6.26. The van der Waals surface area contributed by atoms with Crippen LogP contribution in [0.4, 0.5) is 13.2 Å². The van der Waals surface area contributed by atoms with Crippen molar-refractivity contribution >= 4 is 11.6 Å². The van der Waals surface area contributed by atoms with E-state index in [4.69, 9.17) is 11.6 Å². The summed E-state index contributed by atoms with van der Waals surface area (Å²) in [7, 11) is 0. The Morgan fingerprint density at radius 1 is 1.35 bits per heavy atom. The van der Waals surface area contributed by atoms with Crippen molar-refractivity contribution in [1.29, 1.82) is 0 Å². The average molecular weight is 266 g/mol. The summed E-state index contributed by atoms with van der Waals surface area (Å²) < 4.78 is 35.7. The van der Waals surface area contributed by atoms with Crippen LogP contribution in [0.15, 0.2) is 24.3 Å². The van der Waals surface area contributed by atoms with Gasteiger partial charge in [-0.2, -0.15) is 13.2 Å². The molecule has 0 radical (unpaired) electrons. The summed E-state index contributed by atoms with van der Waals surface area (Å²) in [4.78, 5) is 0. The molecule has 0 saturated heterocycles. The fraction of sp³-hybridized carbons (Fsp3) is 0.500. The zero-order valence-electron chi connectivity index (χ0n) is 9.52. The SMILES string of the molecule is C[C@H](NCCCC(F)(F)F)c1cccc(Cl)c1. The Bertz CT molecular complexity index is 352. The molecule has 0 fully saturated rings. The minimum absolute atomic E-state index is 0.00179. The molecule has 0 bridgehead atoms. The minimum atomic E-state index is -4.07. The zero-order chi connectivity index (χ0) is 12.9. The molecular weight excluding hydrogens is 251 g/mol. The Kier molecular flexibility index (Phi) is 5.28. The first-order valence-corrected chi connectivity index (χ1v) is 5.82. The Morgan fingerprint density at radius 2 is 2.06 bits per heavy atom. The summed E-state index contributed by atoms with van der Waals surface area (Å²) in [6.45, 7) is 2.24. The van der Waals surface area contributed by atoms with Gasteiger partial charge in [0.25, 0.3) is 0 Å². The van der Waals surface area contributed by atoms with E-state index in [1.807, 2.05) is 25.1 Å². The zero-order valence-corrected chi connectivity index (χ0v) is 10.3. The number of halogens is 4. The van der Waals surface area contributed by atoms with Crippen molar-refractivity contribution in [2.45, 2.75) is 32.0 Å². The highest BCUT2D eigenvalue weighted by Gasteiger charge is 2.25. The molecule has 0 unspecified atom stereocenters. The van der Waals surface area contributed by atoms with Gasteiger partial charge in [0.15, 0.2) is 0 Å². The number of hydrogen-bond acceptors (Lipinski definition) is 1. The van der Waals surface area contributed by atoms with Gasteiger partial charge in [-0.3, -0.25) is 0 Å². The minimum Gasteiger partial charge on any atom is -0.310 e. The molecule has 1 rings (SSSR count). The second-order valence-corrected chi connectivity index (χ2v) is 4.39. The van der Waals surface area contributed by atoms with Gasteiger partial charge in [0.1, 0.15) is 0 Å². The summed E-state index contributed by atoms with van der Waals surface area (Å²) in [5.74, 6) is 0. The van der Waals surface area contributed by atoms with Crippen LogP contribution in [0.2, 0.25) is 5.02 Å². The average Bonchev–Trinajstić information content (AvgIpc) is 2.23. The number of alkyl halides is 3. The molecule has 0 aliphatic heterocycles. The molecule has 96 valence electrons. The van der Waals surface area contributed by atoms with Crippen molar-refractivity contribution < 1.29 is 13.2 Å². The Labute approximate surface area is 104 Å². The molecule has 0 aliphatic carbocycles. The topological polar surface area (TPSA) is 12.0 Å². The molecule has 1 N–H and O–H groups in total. The lowest BCUT2D eigenvalue weighted by Gasteiger charge is -2.15. The third-order valence-electron chi connectivity index (χ3n) is 2.44. The summed E-state index contributed by atoms with van der Waals surface area (Å²) in [6.07, 6.45) is -4.72. The largest absolute Gasteiger partial charge is 0.389 e. The standard InChI is InChI=1S/C12H15ClF3N/c1-9(10-4-2-5-11(13)8-10)17-7-3-6-12(14,15)16/h2,4-5,8-9,17H,3,6-7H2,1H3/t9-/m0/s1. The number of hydrogen-bond donors (Lipinski definition) is 1. The van der Waals surface area contributed by atoms with Gasteiger partial charge in [0, 0.05) is 17.5 Å². The summed E-state index contributed by atoms with van der Waals surface area (Å²) in [5, 5.41) is 3.67. The Hall–Kier alpha value is -0.740. The van der Waals surface area contributed by atoms with Gasteiger partial charge >= 0.3 is 6.18 Å². The van der Waals surface area contributed by atoms with Crippen molar-refractivity contribution in [2.75, 3.05) is 6.54 Å². The van der Waals surface area contributed by atoms with E-state index in [0.29, 0.717) is 11.6 Å². The molecule has 0 amide bonds. The Balaban J connectivity index is 2.33. The fourth-order valence-corrected chi connectivity index (χ4v) is 1.70. The molecule has 0 saturated carbocycles. The van der Waals surface area contributed by atoms with Crippen LogP contribution >= 0.6 is 11.6 Å². The van der Waals surface area contributed by atoms with Gasteiger partial charge in [-0.1, -0.05) is 23.7 Å². The molecular formula is C12H15ClF3N. The van der Waals surface area contributed by atoms with Crippen LogP contribution in [-0.2, 0) is 0 Å². The van der Waals surface area contributed by atoms with E-state index in [-0.39, 0.29) is 12.5 Å². The first-order chi connectivity index (χ1) is 7.88. The Morgan fingerprint density at radius 3 is 2.65 bits per heavy atom. The molecule has 0 heterocycles. The van der Waals surface area contributed by atoms with E-state index in [9.17, 15) is 13.2 Å². The third kappa shape index (κ3) is 5.94. The van der Waals surface area contributed by atoms with Gasteiger partial charge in [-0.25, -0.2) is 0 Å². The van der Waals surface area contributed by atoms with E-state index in [1.54, 1.807) is 6.07 Å². The summed E-state index contributed by atoms with van der Waals surface area (Å²) in [6, 6.07) is 7.30. The smallest absolute Gasteiger partial charge is 0.310 e. The molecule has 0 aromatic heterocycles. The van der Waals surface area contributed by atoms with Crippen LogP contribution in [-0.4, -0.2) is 12.7 Å². The van der Waals surface area contributed by atoms with Crippen LogP contribution < -0.4 is 5.32 Å². The first kappa shape index (κ1) is 14.3. The van der Waals surface area contributed by atoms with Gasteiger partial charge in [0.05, 0.1) is 0 Å².